The van der Waals surface area contributed by atoms with E-state index in [2.05, 4.69) is 22.7 Å². The summed E-state index contributed by atoms with van der Waals surface area (Å²) in [6.45, 7) is 2.09. The van der Waals surface area contributed by atoms with Gasteiger partial charge in [-0.15, -0.1) is 11.6 Å². The predicted molar refractivity (Wildman–Crippen MR) is 64.1 cm³/mol. The van der Waals surface area contributed by atoms with Gasteiger partial charge in [0, 0.05) is 14.1 Å². The fourth-order valence-corrected chi connectivity index (χ4v) is 2.02. The second-order valence-corrected chi connectivity index (χ2v) is 4.03. The van der Waals surface area contributed by atoms with Gasteiger partial charge in [-0.3, -0.25) is 0 Å². The molecule has 0 aliphatic carbocycles. The van der Waals surface area contributed by atoms with E-state index in [-0.39, 0.29) is 0 Å². The van der Waals surface area contributed by atoms with Gasteiger partial charge in [-0.1, -0.05) is 12.1 Å². The van der Waals surface area contributed by atoms with Crippen LogP contribution in [0.2, 0.25) is 0 Å². The van der Waals surface area contributed by atoms with E-state index in [1.165, 1.54) is 5.56 Å². The molecule has 0 amide bonds. The van der Waals surface area contributed by atoms with Crippen LogP contribution in [0.5, 0.6) is 0 Å². The van der Waals surface area contributed by atoms with Crippen LogP contribution in [-0.2, 0) is 5.88 Å². The van der Waals surface area contributed by atoms with E-state index in [0.717, 1.165) is 16.9 Å². The van der Waals surface area contributed by atoms with Crippen LogP contribution >= 0.6 is 11.6 Å². The Morgan fingerprint density at radius 2 is 2.13 bits per heavy atom. The highest BCUT2D eigenvalue weighted by Crippen LogP contribution is 2.20. The minimum Gasteiger partial charge on any atom is -0.317 e. The molecule has 2 rings (SSSR count). The zero-order valence-corrected chi connectivity index (χ0v) is 9.91. The molecule has 0 N–H and O–H groups in total. The molecule has 0 saturated heterocycles. The quantitative estimate of drug-likeness (QED) is 0.729. The first kappa shape index (κ1) is 10.3. The summed E-state index contributed by atoms with van der Waals surface area (Å²) in [6.07, 6.45) is 0. The Hall–Kier alpha value is -1.22. The van der Waals surface area contributed by atoms with Crippen molar-refractivity contribution in [1.82, 2.24) is 9.66 Å². The maximum atomic E-state index is 5.89. The van der Waals surface area contributed by atoms with Crippen LogP contribution in [0, 0.1) is 6.92 Å². The Kier molecular flexibility index (Phi) is 2.57. The van der Waals surface area contributed by atoms with Crippen LogP contribution in [0.25, 0.3) is 11.0 Å². The Labute approximate surface area is 94.2 Å². The molecule has 2 aromatic rings. The van der Waals surface area contributed by atoms with E-state index in [1.54, 1.807) is 0 Å². The number of rotatable bonds is 2. The number of imidazole rings is 1. The number of hydrogen-bond donors (Lipinski definition) is 0. The number of aryl methyl sites for hydroxylation is 1. The van der Waals surface area contributed by atoms with Gasteiger partial charge in [-0.25, -0.2) is 9.66 Å². The number of fused-ring (bicyclic) bond motifs is 1. The number of hydrogen-bond acceptors (Lipinski definition) is 2. The molecule has 0 atom stereocenters. The summed E-state index contributed by atoms with van der Waals surface area (Å²) in [5.41, 5.74) is 3.35. The number of para-hydroxylation sites is 1. The maximum Gasteiger partial charge on any atom is 0.143 e. The van der Waals surface area contributed by atoms with Crippen molar-refractivity contribution in [2.75, 3.05) is 19.1 Å². The van der Waals surface area contributed by atoms with Crippen molar-refractivity contribution in [3.8, 4) is 0 Å². The molecule has 4 heteroatoms. The maximum absolute atomic E-state index is 5.89. The van der Waals surface area contributed by atoms with Crippen molar-refractivity contribution in [3.63, 3.8) is 0 Å². The van der Waals surface area contributed by atoms with Crippen molar-refractivity contribution in [1.29, 1.82) is 0 Å². The highest BCUT2D eigenvalue weighted by Gasteiger charge is 2.12. The molecule has 0 unspecified atom stereocenters. The van der Waals surface area contributed by atoms with Gasteiger partial charge >= 0.3 is 0 Å². The number of nitrogens with zero attached hydrogens (tertiary/aromatic N) is 3. The van der Waals surface area contributed by atoms with Crippen molar-refractivity contribution >= 4 is 22.6 Å². The second-order valence-electron chi connectivity index (χ2n) is 3.76. The lowest BCUT2D eigenvalue weighted by Gasteiger charge is -2.18. The Morgan fingerprint density at radius 1 is 1.40 bits per heavy atom. The van der Waals surface area contributed by atoms with E-state index in [0.29, 0.717) is 5.88 Å². The molecular weight excluding hydrogens is 210 g/mol. The van der Waals surface area contributed by atoms with Gasteiger partial charge in [0.25, 0.3) is 0 Å². The van der Waals surface area contributed by atoms with Gasteiger partial charge in [-0.2, -0.15) is 0 Å². The molecule has 1 heterocycles. The van der Waals surface area contributed by atoms with Crippen LogP contribution in [0.15, 0.2) is 18.2 Å². The molecule has 15 heavy (non-hydrogen) atoms. The normalized spacial score (nSPS) is 10.9. The van der Waals surface area contributed by atoms with E-state index in [4.69, 9.17) is 11.6 Å². The van der Waals surface area contributed by atoms with E-state index in [1.807, 2.05) is 31.2 Å². The first-order valence-electron chi connectivity index (χ1n) is 4.85. The van der Waals surface area contributed by atoms with Crippen LogP contribution < -0.4 is 5.01 Å². The first-order chi connectivity index (χ1) is 7.15. The van der Waals surface area contributed by atoms with Crippen LogP contribution in [0.1, 0.15) is 11.4 Å². The number of halogens is 1. The molecule has 0 aliphatic rings. The Balaban J connectivity index is 2.82. The van der Waals surface area contributed by atoms with Crippen molar-refractivity contribution in [3.05, 3.63) is 29.6 Å². The minimum atomic E-state index is 0.423. The van der Waals surface area contributed by atoms with Crippen LogP contribution in [-0.4, -0.2) is 23.8 Å². The van der Waals surface area contributed by atoms with Gasteiger partial charge in [0.2, 0.25) is 0 Å². The topological polar surface area (TPSA) is 21.1 Å². The summed E-state index contributed by atoms with van der Waals surface area (Å²) >= 11 is 5.89. The number of benzene rings is 1. The molecule has 1 aromatic heterocycles. The summed E-state index contributed by atoms with van der Waals surface area (Å²) in [7, 11) is 3.98. The highest BCUT2D eigenvalue weighted by atomic mass is 35.5. The average molecular weight is 224 g/mol. The van der Waals surface area contributed by atoms with Gasteiger partial charge in [0.05, 0.1) is 16.9 Å². The molecule has 0 bridgehead atoms. The van der Waals surface area contributed by atoms with Gasteiger partial charge in [0.15, 0.2) is 0 Å². The average Bonchev–Trinajstić information content (AvgIpc) is 2.57. The fourth-order valence-electron chi connectivity index (χ4n) is 1.84. The monoisotopic (exact) mass is 223 g/mol. The molecule has 0 spiro atoms. The third kappa shape index (κ3) is 1.57. The summed E-state index contributed by atoms with van der Waals surface area (Å²) < 4.78 is 2.05. The van der Waals surface area contributed by atoms with E-state index >= 15 is 0 Å². The van der Waals surface area contributed by atoms with E-state index in [9.17, 15) is 0 Å². The summed E-state index contributed by atoms with van der Waals surface area (Å²) in [4.78, 5) is 4.50. The Morgan fingerprint density at radius 3 is 2.73 bits per heavy atom. The molecule has 0 radical (unpaired) electrons. The van der Waals surface area contributed by atoms with Gasteiger partial charge in [-0.05, 0) is 18.6 Å². The fraction of sp³-hybridized carbons (Fsp3) is 0.364. The van der Waals surface area contributed by atoms with Gasteiger partial charge in [0.1, 0.15) is 5.82 Å². The lowest BCUT2D eigenvalue weighted by molar-refractivity contribution is 0.718. The highest BCUT2D eigenvalue weighted by molar-refractivity contribution is 6.16. The second kappa shape index (κ2) is 3.74. The first-order valence-corrected chi connectivity index (χ1v) is 5.39. The lowest BCUT2D eigenvalue weighted by Crippen LogP contribution is -2.26. The van der Waals surface area contributed by atoms with Crippen molar-refractivity contribution in [2.24, 2.45) is 0 Å². The van der Waals surface area contributed by atoms with Crippen LogP contribution in [0.3, 0.4) is 0 Å². The summed E-state index contributed by atoms with van der Waals surface area (Å²) in [5.74, 6) is 1.30. The SMILES string of the molecule is Cc1cccc2nc(CCl)n(N(C)C)c12. The minimum absolute atomic E-state index is 0.423. The standard InChI is InChI=1S/C11H14ClN3/c1-8-5-4-6-9-11(8)15(14(2)3)10(7-12)13-9/h4-6H,7H2,1-3H3. The zero-order chi connectivity index (χ0) is 11.0. The Bertz CT molecular complexity index is 488. The van der Waals surface area contributed by atoms with Crippen molar-refractivity contribution in [2.45, 2.75) is 12.8 Å². The van der Waals surface area contributed by atoms with Crippen LogP contribution in [0.4, 0.5) is 0 Å². The third-order valence-corrected chi connectivity index (χ3v) is 2.68. The van der Waals surface area contributed by atoms with Crippen molar-refractivity contribution < 1.29 is 0 Å². The molecular formula is C11H14ClN3. The largest absolute Gasteiger partial charge is 0.317 e. The molecule has 0 aliphatic heterocycles. The lowest BCUT2D eigenvalue weighted by atomic mass is 10.2. The molecule has 80 valence electrons. The van der Waals surface area contributed by atoms with E-state index < -0.39 is 0 Å². The summed E-state index contributed by atoms with van der Waals surface area (Å²) in [5, 5.41) is 2.00. The van der Waals surface area contributed by atoms with Gasteiger partial charge < -0.3 is 5.01 Å². The molecule has 0 fully saturated rings. The smallest absolute Gasteiger partial charge is 0.143 e. The molecule has 0 saturated carbocycles. The number of aromatic nitrogens is 2. The molecule has 3 nitrogen and oxygen atoms in total. The summed E-state index contributed by atoms with van der Waals surface area (Å²) in [6, 6.07) is 6.11. The zero-order valence-electron chi connectivity index (χ0n) is 9.16. The third-order valence-electron chi connectivity index (χ3n) is 2.44. The number of alkyl halides is 1. The predicted octanol–water partition coefficient (Wildman–Crippen LogP) is 2.28. The molecule has 1 aromatic carbocycles.